The van der Waals surface area contributed by atoms with E-state index in [-0.39, 0.29) is 5.91 Å². The third kappa shape index (κ3) is 7.48. The van der Waals surface area contributed by atoms with Crippen LogP contribution in [0.1, 0.15) is 68.3 Å². The van der Waals surface area contributed by atoms with E-state index in [9.17, 15) is 4.79 Å². The van der Waals surface area contributed by atoms with Crippen molar-refractivity contribution >= 4 is 40.9 Å². The lowest BCUT2D eigenvalue weighted by Crippen LogP contribution is -2.31. The lowest BCUT2D eigenvalue weighted by atomic mass is 9.94. The normalized spacial score (nSPS) is 14.1. The van der Waals surface area contributed by atoms with E-state index in [1.54, 1.807) is 4.68 Å². The summed E-state index contributed by atoms with van der Waals surface area (Å²) in [4.78, 5) is 18.9. The molecule has 5 rings (SSSR count). The number of aryl methyl sites for hydroxylation is 1. The Morgan fingerprint density at radius 1 is 1.02 bits per heavy atom. The lowest BCUT2D eigenvalue weighted by molar-refractivity contribution is -0.113. The van der Waals surface area contributed by atoms with Gasteiger partial charge in [-0.25, -0.2) is 4.68 Å². The molecule has 0 bridgehead atoms. The molecule has 4 aromatic rings. The number of hydrogen-bond acceptors (Lipinski definition) is 7. The molecule has 1 aliphatic heterocycles. The van der Waals surface area contributed by atoms with E-state index in [2.05, 4.69) is 17.6 Å². The fourth-order valence-corrected chi connectivity index (χ4v) is 6.36. The van der Waals surface area contributed by atoms with Crippen molar-refractivity contribution in [3.63, 3.8) is 0 Å². The second-order valence-electron chi connectivity index (χ2n) is 11.0. The molecule has 1 aliphatic rings. The zero-order valence-corrected chi connectivity index (χ0v) is 28.0. The van der Waals surface area contributed by atoms with Crippen molar-refractivity contribution in [2.24, 2.45) is 0 Å². The highest BCUT2D eigenvalue weighted by Gasteiger charge is 2.35. The monoisotopic (exact) mass is 645 g/mol. The van der Waals surface area contributed by atoms with Gasteiger partial charge in [-0.15, -0.1) is 5.10 Å². The van der Waals surface area contributed by atoms with Gasteiger partial charge in [-0.2, -0.15) is 4.98 Å². The summed E-state index contributed by atoms with van der Waals surface area (Å²) in [6.45, 7) is 11.1. The molecule has 10 heteroatoms. The SMILES string of the molecule is CCCCCOc1ccc(C2C(C(=O)Nc3cccc(C)c3C)=C(C)Nc3nc(SCc4ccccc4Cl)nn32)cc1OCC. The standard InChI is InChI=1S/C35H40ClN5O3S/c1-6-8-11-19-44-29-18-17-25(20-30(29)43-7-2)32-31(33(42)38-28-16-12-13-22(3)23(28)4)24(5)37-34-39-35(40-41(32)34)45-21-26-14-9-10-15-27(26)36/h9-10,12-18,20,32H,6-8,11,19,21H2,1-5H3,(H,38,42)(H,37,39,40). The number of allylic oxidation sites excluding steroid dienone is 1. The highest BCUT2D eigenvalue weighted by Crippen LogP contribution is 2.40. The molecule has 0 saturated heterocycles. The van der Waals surface area contributed by atoms with Gasteiger partial charge in [-0.3, -0.25) is 4.79 Å². The number of carbonyl (C=O) groups excluding carboxylic acids is 1. The summed E-state index contributed by atoms with van der Waals surface area (Å²) in [7, 11) is 0. The average molecular weight is 646 g/mol. The zero-order valence-electron chi connectivity index (χ0n) is 26.4. The third-order valence-corrected chi connectivity index (χ3v) is 9.09. The molecule has 2 N–H and O–H groups in total. The van der Waals surface area contributed by atoms with Crippen molar-refractivity contribution in [2.45, 2.75) is 70.8 Å². The number of nitrogens with zero attached hydrogens (tertiary/aromatic N) is 3. The quantitative estimate of drug-likeness (QED) is 0.111. The predicted molar refractivity (Wildman–Crippen MR) is 183 cm³/mol. The van der Waals surface area contributed by atoms with Crippen LogP contribution in [-0.4, -0.2) is 33.9 Å². The molecule has 8 nitrogen and oxygen atoms in total. The molecule has 2 heterocycles. The number of amides is 1. The van der Waals surface area contributed by atoms with Gasteiger partial charge in [0.15, 0.2) is 11.5 Å². The number of rotatable bonds is 13. The van der Waals surface area contributed by atoms with Crippen molar-refractivity contribution < 1.29 is 14.3 Å². The maximum absolute atomic E-state index is 14.1. The molecule has 1 amide bonds. The van der Waals surface area contributed by atoms with Gasteiger partial charge in [0.1, 0.15) is 6.04 Å². The Kier molecular flexibility index (Phi) is 10.7. The minimum absolute atomic E-state index is 0.219. The fraction of sp³-hybridized carbons (Fsp3) is 0.343. The lowest BCUT2D eigenvalue weighted by Gasteiger charge is -2.29. The van der Waals surface area contributed by atoms with Gasteiger partial charge in [0.05, 0.1) is 18.8 Å². The van der Waals surface area contributed by atoms with Crippen LogP contribution >= 0.6 is 23.4 Å². The summed E-state index contributed by atoms with van der Waals surface area (Å²) in [5.41, 5.74) is 5.96. The second-order valence-corrected chi connectivity index (χ2v) is 12.4. The number of hydrogen-bond donors (Lipinski definition) is 2. The molecule has 0 aliphatic carbocycles. The number of ether oxygens (including phenoxy) is 2. The number of benzene rings is 3. The number of fused-ring (bicyclic) bond motifs is 1. The minimum atomic E-state index is -0.568. The van der Waals surface area contributed by atoms with E-state index in [1.807, 2.05) is 88.4 Å². The van der Waals surface area contributed by atoms with E-state index < -0.39 is 6.04 Å². The minimum Gasteiger partial charge on any atom is -0.490 e. The maximum atomic E-state index is 14.1. The Balaban J connectivity index is 1.53. The molecule has 236 valence electrons. The van der Waals surface area contributed by atoms with Gasteiger partial charge < -0.3 is 20.1 Å². The van der Waals surface area contributed by atoms with Crippen molar-refractivity contribution in [1.82, 2.24) is 14.8 Å². The van der Waals surface area contributed by atoms with Crippen molar-refractivity contribution in [3.8, 4) is 11.5 Å². The van der Waals surface area contributed by atoms with E-state index >= 15 is 0 Å². The van der Waals surface area contributed by atoms with Crippen molar-refractivity contribution in [3.05, 3.63) is 99.2 Å². The number of halogens is 1. The van der Waals surface area contributed by atoms with Crippen LogP contribution in [0.4, 0.5) is 11.6 Å². The topological polar surface area (TPSA) is 90.3 Å². The molecule has 1 unspecified atom stereocenters. The molecule has 0 spiro atoms. The first kappa shape index (κ1) is 32.4. The average Bonchev–Trinajstić information content (AvgIpc) is 3.43. The first-order valence-corrected chi connectivity index (χ1v) is 16.7. The van der Waals surface area contributed by atoms with Gasteiger partial charge >= 0.3 is 0 Å². The molecular weight excluding hydrogens is 606 g/mol. The van der Waals surface area contributed by atoms with Crippen LogP contribution in [0.25, 0.3) is 0 Å². The summed E-state index contributed by atoms with van der Waals surface area (Å²) >= 11 is 7.90. The van der Waals surface area contributed by atoms with Crippen LogP contribution < -0.4 is 20.1 Å². The van der Waals surface area contributed by atoms with Crippen LogP contribution in [0.5, 0.6) is 11.5 Å². The Hall–Kier alpha value is -3.95. The summed E-state index contributed by atoms with van der Waals surface area (Å²) < 4.78 is 13.9. The molecule has 45 heavy (non-hydrogen) atoms. The zero-order chi connectivity index (χ0) is 31.9. The van der Waals surface area contributed by atoms with Crippen LogP contribution in [0, 0.1) is 13.8 Å². The number of anilines is 2. The molecule has 0 saturated carbocycles. The smallest absolute Gasteiger partial charge is 0.255 e. The first-order chi connectivity index (χ1) is 21.8. The summed E-state index contributed by atoms with van der Waals surface area (Å²) in [6.07, 6.45) is 3.19. The number of thioether (sulfide) groups is 1. The van der Waals surface area contributed by atoms with E-state index in [0.717, 1.165) is 47.2 Å². The van der Waals surface area contributed by atoms with Gasteiger partial charge in [0.25, 0.3) is 5.91 Å². The molecule has 0 radical (unpaired) electrons. The maximum Gasteiger partial charge on any atom is 0.255 e. The van der Waals surface area contributed by atoms with Crippen LogP contribution in [-0.2, 0) is 10.5 Å². The van der Waals surface area contributed by atoms with Gasteiger partial charge in [-0.1, -0.05) is 79.5 Å². The van der Waals surface area contributed by atoms with E-state index in [0.29, 0.717) is 57.9 Å². The van der Waals surface area contributed by atoms with Gasteiger partial charge in [-0.05, 0) is 80.6 Å². The largest absolute Gasteiger partial charge is 0.490 e. The van der Waals surface area contributed by atoms with Crippen LogP contribution in [0.2, 0.25) is 5.02 Å². The fourth-order valence-electron chi connectivity index (χ4n) is 5.25. The molecule has 0 fully saturated rings. The molecular formula is C35H40ClN5O3S. The summed E-state index contributed by atoms with van der Waals surface area (Å²) in [6, 6.07) is 18.9. The highest BCUT2D eigenvalue weighted by atomic mass is 35.5. The van der Waals surface area contributed by atoms with E-state index in [1.165, 1.54) is 11.8 Å². The number of nitrogens with one attached hydrogen (secondary N) is 2. The number of aromatic nitrogens is 3. The Morgan fingerprint density at radius 2 is 1.84 bits per heavy atom. The summed E-state index contributed by atoms with van der Waals surface area (Å²) in [5, 5.41) is 12.7. The van der Waals surface area contributed by atoms with Crippen LogP contribution in [0.3, 0.4) is 0 Å². The number of unbranched alkanes of at least 4 members (excludes halogenated alkanes) is 2. The Morgan fingerprint density at radius 3 is 2.62 bits per heavy atom. The highest BCUT2D eigenvalue weighted by molar-refractivity contribution is 7.98. The third-order valence-electron chi connectivity index (χ3n) is 7.83. The molecule has 3 aromatic carbocycles. The van der Waals surface area contributed by atoms with Crippen molar-refractivity contribution in [2.75, 3.05) is 23.8 Å². The van der Waals surface area contributed by atoms with E-state index in [4.69, 9.17) is 31.2 Å². The van der Waals surface area contributed by atoms with Gasteiger partial charge in [0, 0.05) is 22.2 Å². The predicted octanol–water partition coefficient (Wildman–Crippen LogP) is 8.74. The van der Waals surface area contributed by atoms with Crippen LogP contribution in [0.15, 0.2) is 77.1 Å². The second kappa shape index (κ2) is 14.9. The van der Waals surface area contributed by atoms with Gasteiger partial charge in [0.2, 0.25) is 11.1 Å². The molecule has 1 atom stereocenters. The summed E-state index contributed by atoms with van der Waals surface area (Å²) in [5.74, 6) is 2.26. The van der Waals surface area contributed by atoms with Crippen molar-refractivity contribution in [1.29, 1.82) is 0 Å². The number of carbonyl (C=O) groups is 1. The Bertz CT molecular complexity index is 1700. The Labute approximate surface area is 274 Å². The molecule has 1 aromatic heterocycles. The first-order valence-electron chi connectivity index (χ1n) is 15.4.